The zero-order valence-electron chi connectivity index (χ0n) is 28.2. The Labute approximate surface area is 301 Å². The number of benzene rings is 3. The van der Waals surface area contributed by atoms with Gasteiger partial charge in [-0.05, 0) is 61.9 Å². The van der Waals surface area contributed by atoms with Crippen LogP contribution in [0, 0.1) is 11.6 Å². The topological polar surface area (TPSA) is 140 Å². The fourth-order valence-electron chi connectivity index (χ4n) is 7.26. The molecule has 1 fully saturated rings. The second-order valence-electron chi connectivity index (χ2n) is 13.2. The number of nitrogens with two attached hydrogens (primary N) is 1. The van der Waals surface area contributed by atoms with Crippen molar-refractivity contribution in [3.63, 3.8) is 0 Å². The summed E-state index contributed by atoms with van der Waals surface area (Å²) in [6.45, 7) is 3.09. The molecule has 8 rings (SSSR count). The van der Waals surface area contributed by atoms with Crippen molar-refractivity contribution in [3.8, 4) is 11.4 Å². The normalized spacial score (nSPS) is 17.5. The van der Waals surface area contributed by atoms with Crippen LogP contribution in [-0.2, 0) is 18.7 Å². The predicted octanol–water partition coefficient (Wildman–Crippen LogP) is 4.57. The molecule has 2 aliphatic heterocycles. The van der Waals surface area contributed by atoms with Crippen LogP contribution in [0.25, 0.3) is 16.0 Å². The summed E-state index contributed by atoms with van der Waals surface area (Å²) in [5.41, 5.74) is 7.31. The van der Waals surface area contributed by atoms with Gasteiger partial charge in [-0.2, -0.15) is 5.10 Å². The molecule has 0 radical (unpaired) electrons. The fourth-order valence-corrected chi connectivity index (χ4v) is 8.23. The SMILES string of the molecule is Nc1nc2sc(CN[C@H]3CCCN(CC(O)(Cn4cncn4)c4ccc(F)cc4F)C3)cc2n(-c2ccc3c(c2)N(c2ccccc2)CCO3)c1=O. The van der Waals surface area contributed by atoms with E-state index in [4.69, 9.17) is 10.5 Å². The molecule has 52 heavy (non-hydrogen) atoms. The molecule has 1 unspecified atom stereocenters. The highest BCUT2D eigenvalue weighted by Gasteiger charge is 2.37. The van der Waals surface area contributed by atoms with Crippen molar-refractivity contribution >= 4 is 38.9 Å². The molecule has 2 aliphatic rings. The van der Waals surface area contributed by atoms with Crippen LogP contribution in [0.5, 0.6) is 5.75 Å². The van der Waals surface area contributed by atoms with E-state index in [9.17, 15) is 14.3 Å². The van der Waals surface area contributed by atoms with Crippen molar-refractivity contribution < 1.29 is 18.6 Å². The minimum Gasteiger partial charge on any atom is -0.490 e. The van der Waals surface area contributed by atoms with Gasteiger partial charge < -0.3 is 25.8 Å². The van der Waals surface area contributed by atoms with Crippen molar-refractivity contribution in [2.75, 3.05) is 43.4 Å². The first kappa shape index (κ1) is 33.9. The van der Waals surface area contributed by atoms with Crippen LogP contribution in [-0.4, -0.2) is 73.1 Å². The third-order valence-corrected chi connectivity index (χ3v) is 10.7. The molecule has 4 N–H and O–H groups in total. The third kappa shape index (κ3) is 6.75. The summed E-state index contributed by atoms with van der Waals surface area (Å²) in [6, 6.07) is 21.0. The van der Waals surface area contributed by atoms with E-state index in [1.807, 2.05) is 54.6 Å². The number of thiophene rings is 1. The molecule has 0 amide bonds. The van der Waals surface area contributed by atoms with Crippen LogP contribution < -0.4 is 26.2 Å². The zero-order valence-corrected chi connectivity index (χ0v) is 29.0. The Morgan fingerprint density at radius 1 is 1.04 bits per heavy atom. The maximum atomic E-state index is 15.0. The van der Waals surface area contributed by atoms with Gasteiger partial charge in [0.15, 0.2) is 5.82 Å². The third-order valence-electron chi connectivity index (χ3n) is 9.64. The number of nitrogens with one attached hydrogen (secondary N) is 1. The molecule has 12 nitrogen and oxygen atoms in total. The summed E-state index contributed by atoms with van der Waals surface area (Å²) in [4.78, 5) is 27.8. The lowest BCUT2D eigenvalue weighted by molar-refractivity contribution is -0.0282. The molecule has 15 heteroatoms. The summed E-state index contributed by atoms with van der Waals surface area (Å²) >= 11 is 1.47. The molecule has 6 aromatic rings. The van der Waals surface area contributed by atoms with Gasteiger partial charge in [-0.1, -0.05) is 24.3 Å². The number of aliphatic hydroxyl groups is 1. The molecule has 5 heterocycles. The van der Waals surface area contributed by atoms with Crippen LogP contribution >= 0.6 is 11.3 Å². The first-order valence-corrected chi connectivity index (χ1v) is 17.9. The zero-order chi connectivity index (χ0) is 35.8. The second kappa shape index (κ2) is 14.1. The van der Waals surface area contributed by atoms with Gasteiger partial charge in [0.2, 0.25) is 0 Å². The van der Waals surface area contributed by atoms with Gasteiger partial charge in [-0.15, -0.1) is 11.3 Å². The largest absolute Gasteiger partial charge is 0.490 e. The maximum absolute atomic E-state index is 15.0. The summed E-state index contributed by atoms with van der Waals surface area (Å²) in [6.07, 6.45) is 4.56. The predicted molar refractivity (Wildman–Crippen MR) is 195 cm³/mol. The summed E-state index contributed by atoms with van der Waals surface area (Å²) < 4.78 is 37.9. The minimum atomic E-state index is -1.69. The van der Waals surface area contributed by atoms with Gasteiger partial charge in [-0.3, -0.25) is 14.3 Å². The lowest BCUT2D eigenvalue weighted by Crippen LogP contribution is -2.51. The number of halogens is 2. The first-order valence-electron chi connectivity index (χ1n) is 17.1. The van der Waals surface area contributed by atoms with Gasteiger partial charge >= 0.3 is 0 Å². The van der Waals surface area contributed by atoms with Crippen molar-refractivity contribution in [1.29, 1.82) is 0 Å². The Balaban J connectivity index is 1.02. The van der Waals surface area contributed by atoms with E-state index in [0.29, 0.717) is 48.8 Å². The monoisotopic (exact) mass is 725 g/mol. The molecular weight excluding hydrogens is 689 g/mol. The average molecular weight is 726 g/mol. The molecule has 0 saturated carbocycles. The van der Waals surface area contributed by atoms with E-state index < -0.39 is 22.8 Å². The molecule has 0 spiro atoms. The molecular formula is C37H37F2N9O3S. The van der Waals surface area contributed by atoms with Gasteiger partial charge in [0.1, 0.15) is 47.1 Å². The van der Waals surface area contributed by atoms with Crippen LogP contribution in [0.4, 0.5) is 26.0 Å². The Morgan fingerprint density at radius 3 is 2.71 bits per heavy atom. The molecule has 3 aromatic carbocycles. The maximum Gasteiger partial charge on any atom is 0.298 e. The summed E-state index contributed by atoms with van der Waals surface area (Å²) in [5, 5.41) is 19.6. The number of likely N-dealkylation sites (tertiary alicyclic amines) is 1. The van der Waals surface area contributed by atoms with Crippen molar-refractivity contribution in [2.24, 2.45) is 0 Å². The van der Waals surface area contributed by atoms with Crippen LogP contribution in [0.1, 0.15) is 23.3 Å². The number of para-hydroxylation sites is 1. The minimum absolute atomic E-state index is 0.00167. The number of piperidine rings is 1. The second-order valence-corrected chi connectivity index (χ2v) is 14.3. The summed E-state index contributed by atoms with van der Waals surface area (Å²) in [7, 11) is 0. The quantitative estimate of drug-likeness (QED) is 0.184. The smallest absolute Gasteiger partial charge is 0.298 e. The number of ether oxygens (including phenoxy) is 1. The van der Waals surface area contributed by atoms with E-state index in [-0.39, 0.29) is 30.5 Å². The first-order chi connectivity index (χ1) is 25.2. The lowest BCUT2D eigenvalue weighted by atomic mass is 9.91. The molecule has 0 bridgehead atoms. The van der Waals surface area contributed by atoms with Crippen molar-refractivity contribution in [1.82, 2.24) is 34.5 Å². The molecule has 0 aliphatic carbocycles. The van der Waals surface area contributed by atoms with Crippen LogP contribution in [0.3, 0.4) is 0 Å². The van der Waals surface area contributed by atoms with Crippen molar-refractivity contribution in [2.45, 2.75) is 37.6 Å². The van der Waals surface area contributed by atoms with Crippen molar-refractivity contribution in [3.05, 3.63) is 118 Å². The Morgan fingerprint density at radius 2 is 1.90 bits per heavy atom. The standard InChI is InChI=1S/C37H37F2N9O3S/c38-24-8-10-29(30(39)15-24)37(50,21-46-23-41-22-43-46)20-45-12-4-5-25(19-45)42-18-28-17-32-35(52-28)44-34(40)36(49)48(32)27-9-11-33-31(16-27)47(13-14-51-33)26-6-2-1-3-7-26/h1-3,6-11,15-17,22-23,25,42,50H,4-5,12-14,18-21H2,(H2,40,44)/t25-,37?/m0/s1. The van der Waals surface area contributed by atoms with E-state index in [2.05, 4.69) is 30.2 Å². The number of β-amino-alcohol motifs (C(OH)–C–C–N with tert-alkyl or cyclic N) is 1. The number of hydrogen-bond donors (Lipinski definition) is 3. The lowest BCUT2D eigenvalue weighted by Gasteiger charge is -2.39. The molecule has 1 saturated heterocycles. The van der Waals surface area contributed by atoms with Gasteiger partial charge in [0.05, 0.1) is 30.0 Å². The number of fused-ring (bicyclic) bond motifs is 2. The average Bonchev–Trinajstić information content (AvgIpc) is 3.80. The Kier molecular flexibility index (Phi) is 9.17. The molecule has 3 aromatic heterocycles. The number of nitrogens with zero attached hydrogens (tertiary/aromatic N) is 7. The summed E-state index contributed by atoms with van der Waals surface area (Å²) in [5.74, 6) is -0.873. The highest BCUT2D eigenvalue weighted by atomic mass is 32.1. The number of anilines is 3. The van der Waals surface area contributed by atoms with E-state index >= 15 is 4.39 Å². The number of aromatic nitrogens is 5. The van der Waals surface area contributed by atoms with E-state index in [0.717, 1.165) is 47.0 Å². The van der Waals surface area contributed by atoms with Crippen LogP contribution in [0.15, 0.2) is 90.2 Å². The number of nitrogen functional groups attached to an aromatic ring is 1. The molecule has 2 atom stereocenters. The van der Waals surface area contributed by atoms with Gasteiger partial charge in [-0.25, -0.2) is 23.4 Å². The van der Waals surface area contributed by atoms with Gasteiger partial charge in [0, 0.05) is 47.9 Å². The van der Waals surface area contributed by atoms with Crippen LogP contribution in [0.2, 0.25) is 0 Å². The Bertz CT molecular complexity index is 2270. The number of rotatable bonds is 10. The highest BCUT2D eigenvalue weighted by molar-refractivity contribution is 7.18. The molecule has 268 valence electrons. The van der Waals surface area contributed by atoms with Gasteiger partial charge in [0.25, 0.3) is 5.56 Å². The Hall–Kier alpha value is -5.22. The van der Waals surface area contributed by atoms with E-state index in [1.54, 1.807) is 4.57 Å². The fraction of sp³-hybridized carbons (Fsp3) is 0.297. The highest BCUT2D eigenvalue weighted by Crippen LogP contribution is 2.39. The number of hydrogen-bond acceptors (Lipinski definition) is 11. The van der Waals surface area contributed by atoms with E-state index in [1.165, 1.54) is 34.7 Å².